The van der Waals surface area contributed by atoms with Gasteiger partial charge in [0.2, 0.25) is 0 Å². The maximum atomic E-state index is 13.5. The molecule has 3 heterocycles. The number of pyridine rings is 1. The molecule has 2 amide bonds. The molecule has 34 heavy (non-hydrogen) atoms. The van der Waals surface area contributed by atoms with Crippen molar-refractivity contribution in [1.82, 2.24) is 20.3 Å². The fourth-order valence-electron chi connectivity index (χ4n) is 3.79. The quantitative estimate of drug-likeness (QED) is 0.523. The Morgan fingerprint density at radius 1 is 1.12 bits per heavy atom. The lowest BCUT2D eigenvalue weighted by molar-refractivity contribution is -0.141. The lowest BCUT2D eigenvalue weighted by Crippen LogP contribution is -2.42. The number of hydrogen-bond acceptors (Lipinski definition) is 5. The molecule has 4 rings (SSSR count). The molecule has 1 atom stereocenters. The third-order valence-corrected chi connectivity index (χ3v) is 5.42. The molecule has 0 bridgehead atoms. The van der Waals surface area contributed by atoms with Crippen LogP contribution < -0.4 is 15.5 Å². The summed E-state index contributed by atoms with van der Waals surface area (Å²) < 4.78 is 53.8. The molecule has 1 aliphatic heterocycles. The number of carbonyl (C=O) groups excluding carboxylic acids is 1. The Hall–Kier alpha value is -3.76. The number of benzene rings is 1. The van der Waals surface area contributed by atoms with Crippen molar-refractivity contribution in [2.45, 2.75) is 19.0 Å². The van der Waals surface area contributed by atoms with E-state index >= 15 is 0 Å². The number of carbonyl (C=O) groups is 1. The van der Waals surface area contributed by atoms with Crippen LogP contribution >= 0.6 is 0 Å². The zero-order valence-corrected chi connectivity index (χ0v) is 18.0. The highest BCUT2D eigenvalue weighted by molar-refractivity contribution is 5.89. The van der Waals surface area contributed by atoms with E-state index in [1.54, 1.807) is 23.1 Å². The average Bonchev–Trinajstić information content (AvgIpc) is 2.83. The molecule has 2 N–H and O–H groups in total. The topological polar surface area (TPSA) is 83.0 Å². The summed E-state index contributed by atoms with van der Waals surface area (Å²) in [6, 6.07) is 9.12. The second kappa shape index (κ2) is 10.0. The number of amides is 2. The normalized spacial score (nSPS) is 16.2. The first-order valence-corrected chi connectivity index (χ1v) is 10.7. The SMILES string of the molecule is O=C(NCC1CCCN(c2cc(C(F)(F)F)nc(-c3ccncc3)n2)C1)Nc1cccc(F)c1. The highest BCUT2D eigenvalue weighted by atomic mass is 19.4. The minimum atomic E-state index is -4.62. The number of aromatic nitrogens is 3. The molecule has 3 aromatic rings. The van der Waals surface area contributed by atoms with Crippen LogP contribution in [0.15, 0.2) is 54.9 Å². The molecule has 0 aliphatic carbocycles. The van der Waals surface area contributed by atoms with Gasteiger partial charge in [-0.2, -0.15) is 13.2 Å². The average molecular weight is 474 g/mol. The lowest BCUT2D eigenvalue weighted by atomic mass is 9.98. The van der Waals surface area contributed by atoms with Crippen LogP contribution in [0.5, 0.6) is 0 Å². The Morgan fingerprint density at radius 3 is 2.65 bits per heavy atom. The standard InChI is InChI=1S/C23H22F4N6O/c24-17-4-1-5-18(11-17)30-22(34)29-13-15-3-2-10-33(14-15)20-12-19(23(25,26)27)31-21(32-20)16-6-8-28-9-7-16/h1,4-9,11-12,15H,2-3,10,13-14H2,(H2,29,30,34). The summed E-state index contributed by atoms with van der Waals surface area (Å²) in [6.45, 7) is 1.27. The molecule has 1 saturated heterocycles. The second-order valence-corrected chi connectivity index (χ2v) is 7.97. The first kappa shape index (κ1) is 23.4. The van der Waals surface area contributed by atoms with E-state index in [2.05, 4.69) is 25.6 Å². The number of halogens is 4. The van der Waals surface area contributed by atoms with E-state index in [4.69, 9.17) is 0 Å². The van der Waals surface area contributed by atoms with Gasteiger partial charge in [0.25, 0.3) is 0 Å². The van der Waals surface area contributed by atoms with Crippen LogP contribution in [0, 0.1) is 11.7 Å². The van der Waals surface area contributed by atoms with Crippen molar-refractivity contribution in [1.29, 1.82) is 0 Å². The summed E-state index contributed by atoms with van der Waals surface area (Å²) in [5, 5.41) is 5.31. The van der Waals surface area contributed by atoms with Gasteiger partial charge in [-0.15, -0.1) is 0 Å². The Morgan fingerprint density at radius 2 is 1.91 bits per heavy atom. The van der Waals surface area contributed by atoms with E-state index in [9.17, 15) is 22.4 Å². The molecular formula is C23H22F4N6O. The first-order valence-electron chi connectivity index (χ1n) is 10.7. The summed E-state index contributed by atoms with van der Waals surface area (Å²) in [6.07, 6.45) is -0.156. The molecule has 1 fully saturated rings. The van der Waals surface area contributed by atoms with Gasteiger partial charge in [0.15, 0.2) is 11.5 Å². The molecule has 1 aromatic carbocycles. The van der Waals surface area contributed by atoms with Crippen molar-refractivity contribution in [2.75, 3.05) is 29.9 Å². The molecule has 7 nitrogen and oxygen atoms in total. The van der Waals surface area contributed by atoms with E-state index in [-0.39, 0.29) is 17.6 Å². The molecule has 2 aromatic heterocycles. The van der Waals surface area contributed by atoms with Gasteiger partial charge < -0.3 is 15.5 Å². The van der Waals surface area contributed by atoms with Gasteiger partial charge in [-0.05, 0) is 49.1 Å². The highest BCUT2D eigenvalue weighted by Gasteiger charge is 2.35. The van der Waals surface area contributed by atoms with Crippen molar-refractivity contribution in [3.63, 3.8) is 0 Å². The number of nitrogens with zero attached hydrogens (tertiary/aromatic N) is 4. The van der Waals surface area contributed by atoms with Crippen LogP contribution in [0.3, 0.4) is 0 Å². The van der Waals surface area contributed by atoms with Gasteiger partial charge in [0.05, 0.1) is 0 Å². The number of nitrogens with one attached hydrogen (secondary N) is 2. The summed E-state index contributed by atoms with van der Waals surface area (Å²) in [5.74, 6) is -0.305. The fraction of sp³-hybridized carbons (Fsp3) is 0.304. The summed E-state index contributed by atoms with van der Waals surface area (Å²) in [5.41, 5.74) is -0.252. The Labute approximate surface area is 193 Å². The van der Waals surface area contributed by atoms with E-state index in [0.717, 1.165) is 18.9 Å². The minimum absolute atomic E-state index is 0.000636. The highest BCUT2D eigenvalue weighted by Crippen LogP contribution is 2.32. The molecule has 0 spiro atoms. The minimum Gasteiger partial charge on any atom is -0.356 e. The van der Waals surface area contributed by atoms with Gasteiger partial charge in [-0.3, -0.25) is 4.98 Å². The Bertz CT molecular complexity index is 1140. The Balaban J connectivity index is 1.45. The summed E-state index contributed by atoms with van der Waals surface area (Å²) >= 11 is 0. The van der Waals surface area contributed by atoms with Crippen LogP contribution in [0.4, 0.5) is 33.9 Å². The molecular weight excluding hydrogens is 452 g/mol. The number of hydrogen-bond donors (Lipinski definition) is 2. The first-order chi connectivity index (χ1) is 16.3. The Kier molecular flexibility index (Phi) is 6.90. The fourth-order valence-corrected chi connectivity index (χ4v) is 3.79. The molecule has 1 aliphatic rings. The predicted molar refractivity (Wildman–Crippen MR) is 119 cm³/mol. The summed E-state index contributed by atoms with van der Waals surface area (Å²) in [7, 11) is 0. The largest absolute Gasteiger partial charge is 0.433 e. The van der Waals surface area contributed by atoms with Gasteiger partial charge >= 0.3 is 12.2 Å². The van der Waals surface area contributed by atoms with E-state index in [1.165, 1.54) is 30.6 Å². The number of rotatable bonds is 5. The third-order valence-electron chi connectivity index (χ3n) is 5.42. The van der Waals surface area contributed by atoms with E-state index < -0.39 is 23.7 Å². The van der Waals surface area contributed by atoms with Crippen LogP contribution in [-0.2, 0) is 6.18 Å². The van der Waals surface area contributed by atoms with Crippen molar-refractivity contribution in [3.8, 4) is 11.4 Å². The van der Waals surface area contributed by atoms with Gasteiger partial charge in [-0.1, -0.05) is 6.07 Å². The third kappa shape index (κ3) is 5.97. The molecule has 11 heteroatoms. The monoisotopic (exact) mass is 474 g/mol. The number of alkyl halides is 3. The number of anilines is 2. The molecule has 0 radical (unpaired) electrons. The van der Waals surface area contributed by atoms with Crippen molar-refractivity contribution in [2.24, 2.45) is 5.92 Å². The predicted octanol–water partition coefficient (Wildman–Crippen LogP) is 4.73. The molecule has 1 unspecified atom stereocenters. The number of piperidine rings is 1. The smallest absolute Gasteiger partial charge is 0.356 e. The van der Waals surface area contributed by atoms with Crippen molar-refractivity contribution in [3.05, 3.63) is 66.4 Å². The van der Waals surface area contributed by atoms with Crippen molar-refractivity contribution >= 4 is 17.5 Å². The summed E-state index contributed by atoms with van der Waals surface area (Å²) in [4.78, 5) is 25.9. The van der Waals surface area contributed by atoms with E-state index in [1.807, 2.05) is 0 Å². The van der Waals surface area contributed by atoms with Gasteiger partial charge in [0, 0.05) is 49.3 Å². The van der Waals surface area contributed by atoms with Crippen molar-refractivity contribution < 1.29 is 22.4 Å². The van der Waals surface area contributed by atoms with Crippen LogP contribution in [0.2, 0.25) is 0 Å². The van der Waals surface area contributed by atoms with Gasteiger partial charge in [-0.25, -0.2) is 19.2 Å². The van der Waals surface area contributed by atoms with Crippen LogP contribution in [0.25, 0.3) is 11.4 Å². The zero-order valence-electron chi connectivity index (χ0n) is 18.0. The molecule has 0 saturated carbocycles. The van der Waals surface area contributed by atoms with Crippen LogP contribution in [-0.4, -0.2) is 40.6 Å². The van der Waals surface area contributed by atoms with Gasteiger partial charge in [0.1, 0.15) is 11.6 Å². The lowest BCUT2D eigenvalue weighted by Gasteiger charge is -2.34. The maximum absolute atomic E-state index is 13.5. The van der Waals surface area contributed by atoms with Crippen LogP contribution in [0.1, 0.15) is 18.5 Å². The maximum Gasteiger partial charge on any atom is 0.433 e. The molecule has 178 valence electrons. The second-order valence-electron chi connectivity index (χ2n) is 7.97. The number of urea groups is 1. The van der Waals surface area contributed by atoms with E-state index in [0.29, 0.717) is 30.9 Å². The zero-order chi connectivity index (χ0) is 24.1.